The molecule has 4 aromatic rings. The summed E-state index contributed by atoms with van der Waals surface area (Å²) in [5.41, 5.74) is 1.29. The predicted octanol–water partition coefficient (Wildman–Crippen LogP) is 5.59. The van der Waals surface area contributed by atoms with Crippen molar-refractivity contribution in [3.05, 3.63) is 108 Å². The normalized spacial score (nSPS) is 11.5. The Labute approximate surface area is 188 Å². The van der Waals surface area contributed by atoms with Gasteiger partial charge in [0.25, 0.3) is 0 Å². The van der Waals surface area contributed by atoms with Crippen LogP contribution < -0.4 is 5.32 Å². The number of halogens is 3. The van der Waals surface area contributed by atoms with E-state index in [4.69, 9.17) is 4.52 Å². The number of nitrogens with one attached hydrogen (secondary N) is 1. The molecule has 0 unspecified atom stereocenters. The number of aromatic nitrogens is 2. The fraction of sp³-hybridized carbons (Fsp3) is 0.160. The van der Waals surface area contributed by atoms with Crippen LogP contribution in [0.2, 0.25) is 0 Å². The Hall–Kier alpha value is -3.94. The van der Waals surface area contributed by atoms with Crippen LogP contribution in [0.5, 0.6) is 0 Å². The van der Waals surface area contributed by atoms with Crippen LogP contribution in [0.25, 0.3) is 11.4 Å². The van der Waals surface area contributed by atoms with E-state index >= 15 is 0 Å². The van der Waals surface area contributed by atoms with Crippen molar-refractivity contribution in [1.29, 1.82) is 0 Å². The van der Waals surface area contributed by atoms with E-state index in [-0.39, 0.29) is 42.1 Å². The summed E-state index contributed by atoms with van der Waals surface area (Å²) in [4.78, 5) is 16.8. The Kier molecular flexibility index (Phi) is 6.53. The monoisotopic (exact) mass is 451 g/mol. The Balaban J connectivity index is 1.42. The third kappa shape index (κ3) is 5.65. The molecule has 0 spiro atoms. The molecular weight excluding hydrogens is 431 g/mol. The van der Waals surface area contributed by atoms with Gasteiger partial charge in [0.2, 0.25) is 17.6 Å². The maximum Gasteiger partial charge on any atom is 0.416 e. The maximum absolute atomic E-state index is 12.9. The summed E-state index contributed by atoms with van der Waals surface area (Å²) in [5.74, 6) is 0.00279. The van der Waals surface area contributed by atoms with Crippen molar-refractivity contribution < 1.29 is 22.5 Å². The highest BCUT2D eigenvalue weighted by Gasteiger charge is 2.30. The quantitative estimate of drug-likeness (QED) is 0.398. The third-order valence-electron chi connectivity index (χ3n) is 5.05. The molecule has 3 aromatic carbocycles. The zero-order valence-corrected chi connectivity index (χ0v) is 17.4. The van der Waals surface area contributed by atoms with Crippen molar-refractivity contribution in [1.82, 2.24) is 15.5 Å². The molecule has 0 radical (unpaired) electrons. The lowest BCUT2D eigenvalue weighted by Crippen LogP contribution is -2.29. The molecule has 0 aliphatic rings. The molecule has 8 heteroatoms. The number of alkyl halides is 3. The second-order valence-electron chi connectivity index (χ2n) is 7.41. The molecule has 0 atom stereocenters. The van der Waals surface area contributed by atoms with E-state index in [2.05, 4.69) is 15.5 Å². The van der Waals surface area contributed by atoms with E-state index in [0.29, 0.717) is 0 Å². The van der Waals surface area contributed by atoms with Gasteiger partial charge in [-0.15, -0.1) is 0 Å². The van der Waals surface area contributed by atoms with Gasteiger partial charge in [0.15, 0.2) is 0 Å². The molecule has 168 valence electrons. The van der Waals surface area contributed by atoms with Gasteiger partial charge < -0.3 is 9.84 Å². The van der Waals surface area contributed by atoms with Gasteiger partial charge in [0, 0.05) is 18.4 Å². The molecule has 0 fully saturated rings. The summed E-state index contributed by atoms with van der Waals surface area (Å²) < 4.78 is 44.0. The molecule has 0 saturated heterocycles. The second kappa shape index (κ2) is 9.68. The molecule has 1 amide bonds. The van der Waals surface area contributed by atoms with Crippen molar-refractivity contribution >= 4 is 5.91 Å². The van der Waals surface area contributed by atoms with Gasteiger partial charge in [0.05, 0.1) is 11.6 Å². The number of amides is 1. The first-order chi connectivity index (χ1) is 15.9. The summed E-state index contributed by atoms with van der Waals surface area (Å²) in [6.45, 7) is 0. The highest BCUT2D eigenvalue weighted by Crippen LogP contribution is 2.31. The number of carbonyl (C=O) groups excluding carboxylic acids is 1. The Morgan fingerprint density at radius 3 is 2.15 bits per heavy atom. The zero-order valence-electron chi connectivity index (χ0n) is 17.4. The number of hydrogen-bond acceptors (Lipinski definition) is 4. The highest BCUT2D eigenvalue weighted by molar-refractivity contribution is 5.77. The van der Waals surface area contributed by atoms with Crippen LogP contribution in [0.3, 0.4) is 0 Å². The molecule has 33 heavy (non-hydrogen) atoms. The van der Waals surface area contributed by atoms with Crippen LogP contribution in [0.4, 0.5) is 13.2 Å². The summed E-state index contributed by atoms with van der Waals surface area (Å²) in [5, 5.41) is 6.79. The lowest BCUT2D eigenvalue weighted by Gasteiger charge is -2.19. The van der Waals surface area contributed by atoms with Gasteiger partial charge in [-0.25, -0.2) is 0 Å². The summed E-state index contributed by atoms with van der Waals surface area (Å²) in [6, 6.07) is 23.6. The van der Waals surface area contributed by atoms with Crippen LogP contribution >= 0.6 is 0 Å². The number of aryl methyl sites for hydroxylation is 1. The van der Waals surface area contributed by atoms with E-state index in [1.807, 2.05) is 60.7 Å². The molecule has 5 nitrogen and oxygen atoms in total. The summed E-state index contributed by atoms with van der Waals surface area (Å²) in [7, 11) is 0. The lowest BCUT2D eigenvalue weighted by atomic mass is 9.98. The minimum absolute atomic E-state index is 0.0444. The summed E-state index contributed by atoms with van der Waals surface area (Å²) in [6.07, 6.45) is -4.22. The van der Waals surface area contributed by atoms with E-state index in [1.54, 1.807) is 0 Å². The number of hydrogen-bond donors (Lipinski definition) is 1. The molecule has 0 aliphatic carbocycles. The van der Waals surface area contributed by atoms with Crippen LogP contribution in [-0.4, -0.2) is 16.0 Å². The minimum atomic E-state index is -4.46. The van der Waals surface area contributed by atoms with Crippen molar-refractivity contribution in [3.63, 3.8) is 0 Å². The van der Waals surface area contributed by atoms with Crippen LogP contribution in [0.15, 0.2) is 89.5 Å². The molecule has 0 aliphatic heterocycles. The minimum Gasteiger partial charge on any atom is -0.345 e. The number of rotatable bonds is 7. The largest absolute Gasteiger partial charge is 0.416 e. The van der Waals surface area contributed by atoms with Gasteiger partial charge in [-0.1, -0.05) is 78.0 Å². The van der Waals surface area contributed by atoms with E-state index < -0.39 is 11.7 Å². The molecule has 1 N–H and O–H groups in total. The maximum atomic E-state index is 12.9. The van der Waals surface area contributed by atoms with Crippen molar-refractivity contribution in [2.75, 3.05) is 0 Å². The Morgan fingerprint density at radius 1 is 0.909 bits per heavy atom. The highest BCUT2D eigenvalue weighted by atomic mass is 19.4. The number of benzene rings is 3. The van der Waals surface area contributed by atoms with Crippen LogP contribution in [-0.2, 0) is 17.4 Å². The van der Waals surface area contributed by atoms with Crippen molar-refractivity contribution in [2.45, 2.75) is 25.1 Å². The Bertz CT molecular complexity index is 1170. The predicted molar refractivity (Wildman–Crippen MR) is 116 cm³/mol. The van der Waals surface area contributed by atoms with Crippen molar-refractivity contribution in [3.8, 4) is 11.4 Å². The molecule has 4 rings (SSSR count). The lowest BCUT2D eigenvalue weighted by molar-refractivity contribution is -0.137. The molecule has 0 bridgehead atoms. The van der Waals surface area contributed by atoms with Crippen molar-refractivity contribution in [2.24, 2.45) is 0 Å². The average Bonchev–Trinajstić information content (AvgIpc) is 3.31. The number of nitrogens with zero attached hydrogens (tertiary/aromatic N) is 2. The average molecular weight is 451 g/mol. The first-order valence-electron chi connectivity index (χ1n) is 10.3. The molecule has 0 saturated carbocycles. The first-order valence-corrected chi connectivity index (χ1v) is 10.3. The van der Waals surface area contributed by atoms with Gasteiger partial charge in [-0.3, -0.25) is 4.79 Å². The molecular formula is C25H20F3N3O2. The van der Waals surface area contributed by atoms with Gasteiger partial charge in [-0.05, 0) is 23.3 Å². The van der Waals surface area contributed by atoms with Gasteiger partial charge in [0.1, 0.15) is 0 Å². The fourth-order valence-electron chi connectivity index (χ4n) is 3.41. The van der Waals surface area contributed by atoms with E-state index in [1.165, 1.54) is 12.1 Å². The second-order valence-corrected chi connectivity index (χ2v) is 7.41. The zero-order chi connectivity index (χ0) is 23.3. The molecule has 1 heterocycles. The van der Waals surface area contributed by atoms with Gasteiger partial charge in [-0.2, -0.15) is 18.2 Å². The van der Waals surface area contributed by atoms with E-state index in [9.17, 15) is 18.0 Å². The topological polar surface area (TPSA) is 68.0 Å². The Morgan fingerprint density at radius 2 is 1.55 bits per heavy atom. The summed E-state index contributed by atoms with van der Waals surface area (Å²) >= 11 is 0. The number of carbonyl (C=O) groups is 1. The van der Waals surface area contributed by atoms with Crippen LogP contribution in [0.1, 0.15) is 35.0 Å². The first kappa shape index (κ1) is 22.3. The molecule has 1 aromatic heterocycles. The van der Waals surface area contributed by atoms with E-state index in [0.717, 1.165) is 23.3 Å². The third-order valence-corrected chi connectivity index (χ3v) is 5.05. The van der Waals surface area contributed by atoms with Crippen LogP contribution in [0, 0.1) is 0 Å². The smallest absolute Gasteiger partial charge is 0.345 e. The SMILES string of the molecule is O=C(CCc1nc(-c2cccc(C(F)(F)F)c2)no1)NC(c1ccccc1)c1ccccc1. The standard InChI is InChI=1S/C25H20F3N3O2/c26-25(27,28)20-13-7-12-19(16-20)24-30-22(33-31-24)15-14-21(32)29-23(17-8-3-1-4-9-17)18-10-5-2-6-11-18/h1-13,16,23H,14-15H2,(H,29,32). The fourth-order valence-corrected chi connectivity index (χ4v) is 3.41. The van der Waals surface area contributed by atoms with Gasteiger partial charge >= 0.3 is 6.18 Å².